The fourth-order valence-corrected chi connectivity index (χ4v) is 2.39. The number of hydrogen-bond acceptors (Lipinski definition) is 7. The number of aromatic nitrogens is 4. The molecule has 0 aliphatic carbocycles. The monoisotopic (exact) mass is 280 g/mol. The third kappa shape index (κ3) is 2.01. The number of ether oxygens (including phenoxy) is 2. The van der Waals surface area contributed by atoms with Crippen LogP contribution in [0.15, 0.2) is 12.7 Å². The van der Waals surface area contributed by atoms with Gasteiger partial charge in [0, 0.05) is 0 Å². The van der Waals surface area contributed by atoms with Gasteiger partial charge in [0.1, 0.15) is 18.5 Å². The van der Waals surface area contributed by atoms with Crippen molar-refractivity contribution in [3.8, 4) is 5.88 Å². The molecule has 8 heteroatoms. The fraction of sp³-hybridized carbons (Fsp3) is 0.583. The average molecular weight is 280 g/mol. The largest absolute Gasteiger partial charge is 0.476 e. The lowest BCUT2D eigenvalue weighted by Crippen LogP contribution is -2.30. The molecule has 3 unspecified atom stereocenters. The molecule has 1 saturated heterocycles. The van der Waals surface area contributed by atoms with E-state index in [9.17, 15) is 5.11 Å². The Labute approximate surface area is 115 Å². The van der Waals surface area contributed by atoms with E-state index in [1.165, 1.54) is 6.33 Å². The van der Waals surface area contributed by atoms with E-state index in [2.05, 4.69) is 15.0 Å². The van der Waals surface area contributed by atoms with Crippen molar-refractivity contribution in [1.29, 1.82) is 0 Å². The second-order valence-electron chi connectivity index (χ2n) is 4.55. The molecular weight excluding hydrogens is 264 g/mol. The second-order valence-corrected chi connectivity index (χ2v) is 4.55. The number of nitrogens with zero attached hydrogens (tertiary/aromatic N) is 4. The summed E-state index contributed by atoms with van der Waals surface area (Å²) in [6, 6.07) is -0.332. The van der Waals surface area contributed by atoms with Crippen LogP contribution < -0.4 is 4.74 Å². The highest BCUT2D eigenvalue weighted by molar-refractivity contribution is 5.76. The molecule has 2 aromatic rings. The number of aliphatic hydroxyl groups excluding tert-OH is 2. The molecule has 0 bridgehead atoms. The van der Waals surface area contributed by atoms with Crippen molar-refractivity contribution >= 4 is 11.2 Å². The molecule has 1 aliphatic heterocycles. The maximum atomic E-state index is 10.1. The molecule has 2 N–H and O–H groups in total. The fourth-order valence-electron chi connectivity index (χ4n) is 2.39. The van der Waals surface area contributed by atoms with Crippen LogP contribution in [0.5, 0.6) is 5.88 Å². The molecule has 0 aromatic carbocycles. The van der Waals surface area contributed by atoms with Crippen molar-refractivity contribution in [2.24, 2.45) is 0 Å². The minimum absolute atomic E-state index is 0.219. The predicted octanol–water partition coefficient (Wildman–Crippen LogP) is -0.482. The zero-order valence-electron chi connectivity index (χ0n) is 11.0. The molecule has 3 heterocycles. The highest BCUT2D eigenvalue weighted by atomic mass is 16.5. The minimum atomic E-state index is -0.803. The maximum absolute atomic E-state index is 10.1. The Morgan fingerprint density at radius 3 is 3.00 bits per heavy atom. The van der Waals surface area contributed by atoms with Crippen LogP contribution in [0.2, 0.25) is 0 Å². The molecule has 1 fully saturated rings. The number of fused-ring (bicyclic) bond motifs is 1. The topological polar surface area (TPSA) is 103 Å². The van der Waals surface area contributed by atoms with Crippen LogP contribution in [-0.4, -0.2) is 61.8 Å². The SMILES string of the molecule is CCOc1ncnc2c1ncn2C1COC(CO)C1O. The molecule has 20 heavy (non-hydrogen) atoms. The Bertz CT molecular complexity index is 602. The van der Waals surface area contributed by atoms with E-state index >= 15 is 0 Å². The van der Waals surface area contributed by atoms with Crippen molar-refractivity contribution in [1.82, 2.24) is 19.5 Å². The summed E-state index contributed by atoms with van der Waals surface area (Å²) in [5.74, 6) is 0.420. The second kappa shape index (κ2) is 5.31. The van der Waals surface area contributed by atoms with Crippen LogP contribution in [0.3, 0.4) is 0 Å². The molecule has 0 radical (unpaired) electrons. The number of aliphatic hydroxyl groups is 2. The Morgan fingerprint density at radius 1 is 1.45 bits per heavy atom. The van der Waals surface area contributed by atoms with Gasteiger partial charge in [-0.15, -0.1) is 0 Å². The van der Waals surface area contributed by atoms with Gasteiger partial charge in [0.2, 0.25) is 5.88 Å². The van der Waals surface area contributed by atoms with Gasteiger partial charge in [-0.3, -0.25) is 0 Å². The third-order valence-electron chi connectivity index (χ3n) is 3.40. The first kappa shape index (κ1) is 13.2. The average Bonchev–Trinajstić information content (AvgIpc) is 3.03. The van der Waals surface area contributed by atoms with Crippen LogP contribution in [0.4, 0.5) is 0 Å². The Hall–Kier alpha value is -1.77. The van der Waals surface area contributed by atoms with Crippen LogP contribution >= 0.6 is 0 Å². The van der Waals surface area contributed by atoms with Crippen molar-refractivity contribution < 1.29 is 19.7 Å². The van der Waals surface area contributed by atoms with Crippen LogP contribution in [-0.2, 0) is 4.74 Å². The third-order valence-corrected chi connectivity index (χ3v) is 3.40. The van der Waals surface area contributed by atoms with Gasteiger partial charge in [-0.25, -0.2) is 9.97 Å². The van der Waals surface area contributed by atoms with Gasteiger partial charge in [-0.2, -0.15) is 4.98 Å². The van der Waals surface area contributed by atoms with Crippen molar-refractivity contribution in [3.05, 3.63) is 12.7 Å². The summed E-state index contributed by atoms with van der Waals surface area (Å²) in [4.78, 5) is 12.5. The Morgan fingerprint density at radius 2 is 2.30 bits per heavy atom. The Kier molecular flexibility index (Phi) is 3.51. The summed E-state index contributed by atoms with van der Waals surface area (Å²) in [7, 11) is 0. The van der Waals surface area contributed by atoms with E-state index in [1.54, 1.807) is 10.9 Å². The highest BCUT2D eigenvalue weighted by Crippen LogP contribution is 2.29. The Balaban J connectivity index is 1.99. The molecule has 0 saturated carbocycles. The van der Waals surface area contributed by atoms with E-state index in [0.29, 0.717) is 30.3 Å². The first-order valence-corrected chi connectivity index (χ1v) is 6.47. The van der Waals surface area contributed by atoms with E-state index in [4.69, 9.17) is 14.6 Å². The van der Waals surface area contributed by atoms with E-state index in [-0.39, 0.29) is 12.6 Å². The molecular formula is C12H16N4O4. The molecule has 8 nitrogen and oxygen atoms in total. The molecule has 0 spiro atoms. The smallest absolute Gasteiger partial charge is 0.245 e. The van der Waals surface area contributed by atoms with E-state index in [0.717, 1.165) is 0 Å². The molecule has 0 amide bonds. The van der Waals surface area contributed by atoms with Gasteiger partial charge >= 0.3 is 0 Å². The highest BCUT2D eigenvalue weighted by Gasteiger charge is 2.37. The van der Waals surface area contributed by atoms with E-state index < -0.39 is 12.2 Å². The number of rotatable bonds is 4. The molecule has 2 aromatic heterocycles. The summed E-state index contributed by atoms with van der Waals surface area (Å²) in [5.41, 5.74) is 1.13. The van der Waals surface area contributed by atoms with Gasteiger partial charge in [0.05, 0.1) is 32.2 Å². The van der Waals surface area contributed by atoms with Gasteiger partial charge in [0.25, 0.3) is 0 Å². The predicted molar refractivity (Wildman–Crippen MR) is 68.4 cm³/mol. The lowest BCUT2D eigenvalue weighted by molar-refractivity contribution is 0.00206. The molecule has 3 atom stereocenters. The van der Waals surface area contributed by atoms with Crippen molar-refractivity contribution in [3.63, 3.8) is 0 Å². The zero-order chi connectivity index (χ0) is 14.1. The standard InChI is InChI=1S/C12H16N4O4/c1-2-19-12-9-11(13-5-14-12)16(6-15-9)7-4-20-8(3-17)10(7)18/h5-8,10,17-18H,2-4H2,1H3. The number of imidazole rings is 1. The zero-order valence-corrected chi connectivity index (χ0v) is 11.0. The first-order chi connectivity index (χ1) is 9.76. The summed E-state index contributed by atoms with van der Waals surface area (Å²) < 4.78 is 12.5. The summed E-state index contributed by atoms with van der Waals surface area (Å²) in [5, 5.41) is 19.3. The molecule has 3 rings (SSSR count). The summed E-state index contributed by atoms with van der Waals surface area (Å²) in [6.45, 7) is 2.43. The van der Waals surface area contributed by atoms with Crippen molar-refractivity contribution in [2.45, 2.75) is 25.2 Å². The summed E-state index contributed by atoms with van der Waals surface area (Å²) in [6.07, 6.45) is 1.60. The van der Waals surface area contributed by atoms with Crippen LogP contribution in [0.1, 0.15) is 13.0 Å². The van der Waals surface area contributed by atoms with Gasteiger partial charge < -0.3 is 24.3 Å². The lowest BCUT2D eigenvalue weighted by atomic mass is 10.1. The lowest BCUT2D eigenvalue weighted by Gasteiger charge is -2.17. The summed E-state index contributed by atoms with van der Waals surface area (Å²) >= 11 is 0. The maximum Gasteiger partial charge on any atom is 0.245 e. The normalized spacial score (nSPS) is 26.2. The van der Waals surface area contributed by atoms with E-state index in [1.807, 2.05) is 6.92 Å². The van der Waals surface area contributed by atoms with Crippen LogP contribution in [0, 0.1) is 0 Å². The first-order valence-electron chi connectivity index (χ1n) is 6.47. The quantitative estimate of drug-likeness (QED) is 0.779. The minimum Gasteiger partial charge on any atom is -0.476 e. The van der Waals surface area contributed by atoms with Gasteiger partial charge in [0.15, 0.2) is 11.2 Å². The molecule has 108 valence electrons. The van der Waals surface area contributed by atoms with Crippen molar-refractivity contribution in [2.75, 3.05) is 19.8 Å². The van der Waals surface area contributed by atoms with Gasteiger partial charge in [-0.05, 0) is 6.92 Å². The van der Waals surface area contributed by atoms with Crippen LogP contribution in [0.25, 0.3) is 11.2 Å². The van der Waals surface area contributed by atoms with Gasteiger partial charge in [-0.1, -0.05) is 0 Å². The molecule has 1 aliphatic rings. The number of hydrogen-bond donors (Lipinski definition) is 2.